The van der Waals surface area contributed by atoms with Crippen LogP contribution in [0.25, 0.3) is 0 Å². The zero-order valence-electron chi connectivity index (χ0n) is 15.4. The fraction of sp³-hybridized carbons (Fsp3) is 0.684. The first-order valence-electron chi connectivity index (χ1n) is 8.89. The molecule has 0 saturated carbocycles. The summed E-state index contributed by atoms with van der Waals surface area (Å²) in [5.41, 5.74) is 2.48. The molecule has 0 spiro atoms. The van der Waals surface area contributed by atoms with Crippen molar-refractivity contribution >= 4 is 0 Å². The molecule has 2 rings (SSSR count). The summed E-state index contributed by atoms with van der Waals surface area (Å²) in [4.78, 5) is 1.38. The van der Waals surface area contributed by atoms with Crippen LogP contribution in [0.1, 0.15) is 25.0 Å². The lowest BCUT2D eigenvalue weighted by Gasteiger charge is -2.33. The highest BCUT2D eigenvalue weighted by molar-refractivity contribution is 5.33. The molecule has 5 nitrogen and oxygen atoms in total. The lowest BCUT2D eigenvalue weighted by Crippen LogP contribution is -3.16. The van der Waals surface area contributed by atoms with Crippen molar-refractivity contribution in [1.29, 1.82) is 0 Å². The Kier molecular flexibility index (Phi) is 7.49. The van der Waals surface area contributed by atoms with Crippen LogP contribution in [0.15, 0.2) is 18.2 Å². The minimum absolute atomic E-state index is 0.253. The number of aryl methyl sites for hydroxylation is 2. The first kappa shape index (κ1) is 19.2. The number of aliphatic hydroxyl groups excluding tert-OH is 1. The Balaban J connectivity index is 1.59. The second kappa shape index (κ2) is 9.37. The number of hydrogen-bond donors (Lipinski definition) is 2. The molecule has 3 atom stereocenters. The molecule has 1 aliphatic rings. The van der Waals surface area contributed by atoms with Gasteiger partial charge in [0, 0.05) is 0 Å². The van der Waals surface area contributed by atoms with Crippen molar-refractivity contribution in [3.05, 3.63) is 29.3 Å². The molecule has 0 radical (unpaired) electrons. The minimum Gasteiger partial charge on any atom is -0.491 e. The molecule has 1 heterocycles. The Bertz CT molecular complexity index is 498. The highest BCUT2D eigenvalue weighted by atomic mass is 16.5. The zero-order chi connectivity index (χ0) is 17.5. The summed E-state index contributed by atoms with van der Waals surface area (Å²) in [6.07, 6.45) is 0.0607. The number of nitrogens with one attached hydrogen (secondary N) is 1. The first-order valence-corrected chi connectivity index (χ1v) is 8.89. The van der Waals surface area contributed by atoms with E-state index in [9.17, 15) is 5.11 Å². The summed E-state index contributed by atoms with van der Waals surface area (Å²) < 4.78 is 16.9. The second-order valence-electron chi connectivity index (χ2n) is 6.94. The fourth-order valence-electron chi connectivity index (χ4n) is 3.19. The average Bonchev–Trinajstić information content (AvgIpc) is 2.49. The van der Waals surface area contributed by atoms with E-state index in [4.69, 9.17) is 14.2 Å². The van der Waals surface area contributed by atoms with Crippen molar-refractivity contribution in [2.45, 2.75) is 46.0 Å². The summed E-state index contributed by atoms with van der Waals surface area (Å²) >= 11 is 0. The van der Waals surface area contributed by atoms with E-state index in [-0.39, 0.29) is 12.2 Å². The van der Waals surface area contributed by atoms with Gasteiger partial charge in [-0.05, 0) is 51.0 Å². The molecule has 1 saturated heterocycles. The summed E-state index contributed by atoms with van der Waals surface area (Å²) in [5, 5.41) is 10.1. The Hall–Kier alpha value is -1.14. The molecule has 136 valence electrons. The molecule has 0 aromatic heterocycles. The van der Waals surface area contributed by atoms with E-state index < -0.39 is 6.10 Å². The molecule has 1 fully saturated rings. The van der Waals surface area contributed by atoms with E-state index in [1.165, 1.54) is 16.0 Å². The van der Waals surface area contributed by atoms with E-state index in [0.717, 1.165) is 18.8 Å². The third-order valence-electron chi connectivity index (χ3n) is 4.43. The molecule has 1 aliphatic heterocycles. The number of hydrogen-bond acceptors (Lipinski definition) is 4. The van der Waals surface area contributed by atoms with Gasteiger partial charge < -0.3 is 24.2 Å². The van der Waals surface area contributed by atoms with Crippen LogP contribution in [0.2, 0.25) is 0 Å². The molecule has 0 amide bonds. The summed E-state index contributed by atoms with van der Waals surface area (Å²) in [6.45, 7) is 12.2. The largest absolute Gasteiger partial charge is 0.491 e. The number of quaternary nitrogens is 1. The molecule has 0 aliphatic carbocycles. The van der Waals surface area contributed by atoms with Crippen LogP contribution >= 0.6 is 0 Å². The highest BCUT2D eigenvalue weighted by Gasteiger charge is 2.27. The maximum atomic E-state index is 10.1. The SMILES string of the molecule is Cc1ccc(OCCOC[C@H](O)C[NH+]2C[C@@H](C)O[C@H](C)C2)cc1C. The van der Waals surface area contributed by atoms with Gasteiger partial charge in [-0.3, -0.25) is 0 Å². The maximum absolute atomic E-state index is 10.1. The van der Waals surface area contributed by atoms with Gasteiger partial charge in [-0.15, -0.1) is 0 Å². The van der Waals surface area contributed by atoms with Crippen molar-refractivity contribution in [3.8, 4) is 5.75 Å². The summed E-state index contributed by atoms with van der Waals surface area (Å²) in [6, 6.07) is 6.07. The van der Waals surface area contributed by atoms with Crippen LogP contribution in [0.3, 0.4) is 0 Å². The molecule has 2 N–H and O–H groups in total. The van der Waals surface area contributed by atoms with E-state index in [1.54, 1.807) is 0 Å². The zero-order valence-corrected chi connectivity index (χ0v) is 15.4. The normalized spacial score (nSPS) is 25.5. The van der Waals surface area contributed by atoms with Gasteiger partial charge in [0.15, 0.2) is 0 Å². The molecule has 1 aromatic rings. The molecular weight excluding hydrogens is 306 g/mol. The topological polar surface area (TPSA) is 52.4 Å². The molecule has 0 bridgehead atoms. The number of benzene rings is 1. The number of rotatable bonds is 8. The van der Waals surface area contributed by atoms with Gasteiger partial charge in [0.1, 0.15) is 50.3 Å². The van der Waals surface area contributed by atoms with Crippen LogP contribution in [0.4, 0.5) is 0 Å². The first-order chi connectivity index (χ1) is 11.4. The van der Waals surface area contributed by atoms with Gasteiger partial charge in [0.05, 0.1) is 13.2 Å². The monoisotopic (exact) mass is 338 g/mol. The molecule has 1 aromatic carbocycles. The van der Waals surface area contributed by atoms with Crippen LogP contribution in [-0.2, 0) is 9.47 Å². The summed E-state index contributed by atoms with van der Waals surface area (Å²) in [5.74, 6) is 0.864. The Morgan fingerprint density at radius 2 is 1.88 bits per heavy atom. The molecule has 0 unspecified atom stereocenters. The van der Waals surface area contributed by atoms with E-state index >= 15 is 0 Å². The standard InChI is InChI=1S/C19H31NO4/c1-14-5-6-19(9-15(14)2)23-8-7-22-13-18(21)12-20-10-16(3)24-17(4)11-20/h5-6,9,16-18,21H,7-8,10-13H2,1-4H3/p+1/t16-,17-,18-/m1/s1. The maximum Gasteiger partial charge on any atom is 0.126 e. The van der Waals surface area contributed by atoms with Gasteiger partial charge in [-0.25, -0.2) is 0 Å². The molecular formula is C19H32NO4+. The Morgan fingerprint density at radius 1 is 1.17 bits per heavy atom. The average molecular weight is 338 g/mol. The number of ether oxygens (including phenoxy) is 3. The number of morpholine rings is 1. The van der Waals surface area contributed by atoms with Crippen molar-refractivity contribution in [3.63, 3.8) is 0 Å². The summed E-state index contributed by atoms with van der Waals surface area (Å²) in [7, 11) is 0. The van der Waals surface area contributed by atoms with Gasteiger partial charge in [-0.2, -0.15) is 0 Å². The van der Waals surface area contributed by atoms with Crippen LogP contribution < -0.4 is 9.64 Å². The quantitative estimate of drug-likeness (QED) is 0.687. The third-order valence-corrected chi connectivity index (χ3v) is 4.43. The lowest BCUT2D eigenvalue weighted by atomic mass is 10.1. The Labute approximate surface area is 145 Å². The highest BCUT2D eigenvalue weighted by Crippen LogP contribution is 2.16. The van der Waals surface area contributed by atoms with Gasteiger partial charge >= 0.3 is 0 Å². The van der Waals surface area contributed by atoms with Crippen LogP contribution in [0, 0.1) is 13.8 Å². The lowest BCUT2D eigenvalue weighted by molar-refractivity contribution is -0.918. The number of aliphatic hydroxyl groups is 1. The van der Waals surface area contributed by atoms with E-state index in [0.29, 0.717) is 26.4 Å². The van der Waals surface area contributed by atoms with E-state index in [1.807, 2.05) is 12.1 Å². The van der Waals surface area contributed by atoms with E-state index in [2.05, 4.69) is 33.8 Å². The van der Waals surface area contributed by atoms with Crippen molar-refractivity contribution in [2.75, 3.05) is 39.5 Å². The third kappa shape index (κ3) is 6.40. The molecule has 24 heavy (non-hydrogen) atoms. The van der Waals surface area contributed by atoms with Gasteiger partial charge in [0.25, 0.3) is 0 Å². The second-order valence-corrected chi connectivity index (χ2v) is 6.94. The van der Waals surface area contributed by atoms with Crippen molar-refractivity contribution in [1.82, 2.24) is 0 Å². The van der Waals surface area contributed by atoms with Crippen molar-refractivity contribution < 1.29 is 24.2 Å². The predicted molar refractivity (Wildman–Crippen MR) is 93.8 cm³/mol. The van der Waals surface area contributed by atoms with Gasteiger partial charge in [0.2, 0.25) is 0 Å². The smallest absolute Gasteiger partial charge is 0.126 e. The fourth-order valence-corrected chi connectivity index (χ4v) is 3.19. The van der Waals surface area contributed by atoms with Crippen LogP contribution in [0.5, 0.6) is 5.75 Å². The van der Waals surface area contributed by atoms with Crippen LogP contribution in [-0.4, -0.2) is 62.9 Å². The minimum atomic E-state index is -0.445. The van der Waals surface area contributed by atoms with Gasteiger partial charge in [-0.1, -0.05) is 6.07 Å². The van der Waals surface area contributed by atoms with Crippen molar-refractivity contribution in [2.24, 2.45) is 0 Å². The predicted octanol–water partition coefficient (Wildman–Crippen LogP) is 0.752. The molecule has 5 heteroatoms. The Morgan fingerprint density at radius 3 is 2.54 bits per heavy atom.